The first-order chi connectivity index (χ1) is 14.9. The summed E-state index contributed by atoms with van der Waals surface area (Å²) in [5.74, 6) is -1.75. The topological polar surface area (TPSA) is 87.6 Å². The van der Waals surface area contributed by atoms with Crippen molar-refractivity contribution >= 4 is 22.6 Å². The summed E-state index contributed by atoms with van der Waals surface area (Å²) in [5, 5.41) is 28.4. The number of thiazole rings is 1. The van der Waals surface area contributed by atoms with Crippen LogP contribution >= 0.6 is 11.3 Å². The quantitative estimate of drug-likeness (QED) is 0.631. The Morgan fingerprint density at radius 1 is 1.32 bits per heavy atom. The van der Waals surface area contributed by atoms with Crippen LogP contribution in [0.4, 0.5) is 8.78 Å². The average molecular weight is 439 g/mol. The lowest BCUT2D eigenvalue weighted by Gasteiger charge is -2.45. The fourth-order valence-corrected chi connectivity index (χ4v) is 4.64. The summed E-state index contributed by atoms with van der Waals surface area (Å²) in [5.41, 5.74) is -0.320. The Balaban J connectivity index is 2.17. The number of aliphatic hydroxyl groups is 1. The lowest BCUT2D eigenvalue weighted by Crippen LogP contribution is -2.48. The predicted molar refractivity (Wildman–Crippen MR) is 112 cm³/mol. The van der Waals surface area contributed by atoms with E-state index in [1.165, 1.54) is 35.6 Å². The molecule has 0 bridgehead atoms. The van der Waals surface area contributed by atoms with Crippen LogP contribution in [0.2, 0.25) is 0 Å². The molecule has 1 aliphatic carbocycles. The number of benzene rings is 1. The van der Waals surface area contributed by atoms with E-state index in [4.69, 9.17) is 0 Å². The molecule has 4 rings (SSSR count). The molecule has 0 amide bonds. The minimum atomic E-state index is -2.20. The second-order valence-corrected chi connectivity index (χ2v) is 8.22. The van der Waals surface area contributed by atoms with E-state index in [1.807, 2.05) is 12.3 Å². The number of hydrogen-bond acceptors (Lipinski definition) is 6. The van der Waals surface area contributed by atoms with Crippen LogP contribution in [0.1, 0.15) is 37.9 Å². The minimum absolute atomic E-state index is 0.149. The van der Waals surface area contributed by atoms with Gasteiger partial charge in [0.05, 0.1) is 23.0 Å². The van der Waals surface area contributed by atoms with Crippen LogP contribution in [0.25, 0.3) is 11.3 Å². The van der Waals surface area contributed by atoms with Crippen LogP contribution in [0.15, 0.2) is 53.4 Å². The highest BCUT2D eigenvalue weighted by atomic mass is 32.1. The maximum atomic E-state index is 15.1. The molecule has 6 nitrogen and oxygen atoms in total. The van der Waals surface area contributed by atoms with E-state index in [-0.39, 0.29) is 11.3 Å². The summed E-state index contributed by atoms with van der Waals surface area (Å²) in [6.07, 6.45) is 5.70. The minimum Gasteiger partial charge on any atom is -0.377 e. The van der Waals surface area contributed by atoms with Crippen molar-refractivity contribution in [3.05, 3.63) is 76.3 Å². The summed E-state index contributed by atoms with van der Waals surface area (Å²) in [4.78, 5) is 8.40. The molecule has 3 aromatic rings. The zero-order valence-electron chi connectivity index (χ0n) is 16.9. The fourth-order valence-electron chi connectivity index (χ4n) is 4.10. The highest BCUT2D eigenvalue weighted by molar-refractivity contribution is 7.07. The molecule has 1 N–H and O–H groups in total. The van der Waals surface area contributed by atoms with Crippen LogP contribution < -0.4 is 0 Å². The van der Waals surface area contributed by atoms with Crippen molar-refractivity contribution in [1.82, 2.24) is 19.7 Å². The molecule has 0 saturated heterocycles. The van der Waals surface area contributed by atoms with E-state index in [2.05, 4.69) is 21.1 Å². The third kappa shape index (κ3) is 3.19. The molecule has 0 fully saturated rings. The van der Waals surface area contributed by atoms with Crippen molar-refractivity contribution in [3.8, 4) is 6.07 Å². The Hall–Kier alpha value is -3.22. The lowest BCUT2D eigenvalue weighted by atomic mass is 9.62. The summed E-state index contributed by atoms with van der Waals surface area (Å²) in [6, 6.07) is 5.07. The average Bonchev–Trinajstić information content (AvgIpc) is 3.44. The lowest BCUT2D eigenvalue weighted by molar-refractivity contribution is 0.0177. The summed E-state index contributed by atoms with van der Waals surface area (Å²) >= 11 is 1.37. The highest BCUT2D eigenvalue weighted by Crippen LogP contribution is 2.56. The number of aromatic nitrogens is 4. The van der Waals surface area contributed by atoms with Crippen molar-refractivity contribution in [3.63, 3.8) is 0 Å². The van der Waals surface area contributed by atoms with Gasteiger partial charge in [0.1, 0.15) is 29.7 Å². The number of hydrogen-bond donors (Lipinski definition) is 1. The first-order valence-corrected chi connectivity index (χ1v) is 10.6. The number of nitriles is 1. The van der Waals surface area contributed by atoms with E-state index in [0.29, 0.717) is 23.8 Å². The molecule has 0 spiro atoms. The Kier molecular flexibility index (Phi) is 5.29. The fraction of sp³-hybridized carbons (Fsp3) is 0.273. The summed E-state index contributed by atoms with van der Waals surface area (Å²) in [6.45, 7) is 3.53. The first kappa shape index (κ1) is 21.0. The molecular formula is C22H19F2N5OS. The first-order valence-electron chi connectivity index (χ1n) is 9.65. The maximum Gasteiger partial charge on any atom is 0.157 e. The second-order valence-electron chi connectivity index (χ2n) is 7.51. The second kappa shape index (κ2) is 7.80. The summed E-state index contributed by atoms with van der Waals surface area (Å²) < 4.78 is 30.1. The smallest absolute Gasteiger partial charge is 0.157 e. The molecular weight excluding hydrogens is 420 g/mol. The monoisotopic (exact) mass is 439 g/mol. The molecule has 2 atom stereocenters. The molecule has 2 aromatic heterocycles. The summed E-state index contributed by atoms with van der Waals surface area (Å²) in [7, 11) is 0. The Morgan fingerprint density at radius 2 is 2.13 bits per heavy atom. The van der Waals surface area contributed by atoms with Crippen LogP contribution in [0.5, 0.6) is 0 Å². The van der Waals surface area contributed by atoms with Crippen molar-refractivity contribution in [2.24, 2.45) is 5.41 Å². The Labute approximate surface area is 181 Å². The van der Waals surface area contributed by atoms with Crippen LogP contribution in [0.3, 0.4) is 0 Å². The van der Waals surface area contributed by atoms with E-state index >= 15 is 4.39 Å². The Bertz CT molecular complexity index is 1210. The van der Waals surface area contributed by atoms with Crippen molar-refractivity contribution < 1.29 is 13.9 Å². The van der Waals surface area contributed by atoms with Gasteiger partial charge < -0.3 is 5.11 Å². The van der Waals surface area contributed by atoms with Gasteiger partial charge in [-0.2, -0.15) is 10.4 Å². The van der Waals surface area contributed by atoms with E-state index < -0.39 is 22.7 Å². The van der Waals surface area contributed by atoms with Crippen molar-refractivity contribution in [2.75, 3.05) is 0 Å². The van der Waals surface area contributed by atoms with Gasteiger partial charge in [0.2, 0.25) is 0 Å². The van der Waals surface area contributed by atoms with Gasteiger partial charge in [0.15, 0.2) is 5.60 Å². The third-order valence-electron chi connectivity index (χ3n) is 5.52. The maximum absolute atomic E-state index is 15.1. The van der Waals surface area contributed by atoms with Crippen molar-refractivity contribution in [1.29, 1.82) is 5.26 Å². The molecule has 0 saturated carbocycles. The molecule has 1 aromatic carbocycles. The third-order valence-corrected chi connectivity index (χ3v) is 6.11. The molecule has 31 heavy (non-hydrogen) atoms. The van der Waals surface area contributed by atoms with Crippen LogP contribution in [0, 0.1) is 28.4 Å². The zero-order chi connectivity index (χ0) is 22.2. The van der Waals surface area contributed by atoms with Gasteiger partial charge in [0.25, 0.3) is 0 Å². The number of nitrogens with zero attached hydrogens (tertiary/aromatic N) is 5. The molecule has 0 aliphatic heterocycles. The zero-order valence-corrected chi connectivity index (χ0v) is 17.7. The molecule has 9 heteroatoms. The normalized spacial score (nSPS) is 23.5. The van der Waals surface area contributed by atoms with Gasteiger partial charge in [-0.15, -0.1) is 11.3 Å². The molecule has 2 unspecified atom stereocenters. The van der Waals surface area contributed by atoms with Gasteiger partial charge in [-0.1, -0.05) is 19.4 Å². The highest BCUT2D eigenvalue weighted by Gasteiger charge is 2.56. The van der Waals surface area contributed by atoms with E-state index in [0.717, 1.165) is 24.1 Å². The number of rotatable bonds is 5. The molecule has 158 valence electrons. The molecule has 0 radical (unpaired) electrons. The largest absolute Gasteiger partial charge is 0.377 e. The Morgan fingerprint density at radius 3 is 2.71 bits per heavy atom. The van der Waals surface area contributed by atoms with Gasteiger partial charge in [-0.3, -0.25) is 0 Å². The number of allylic oxidation sites excluding steroid dienone is 2. The van der Waals surface area contributed by atoms with Gasteiger partial charge in [-0.25, -0.2) is 23.4 Å². The standard InChI is InChI=1S/C22H19F2N5OS/c1-3-4-14-8-21(2,10-25)22(30,16-6-5-15(23)7-17(16)24)20(29-12-26-11-28-29)19(14)18-9-31-13-27-18/h5-9,11-13,30H,3-4H2,1-2H3. The van der Waals surface area contributed by atoms with E-state index in [1.54, 1.807) is 11.6 Å². The van der Waals surface area contributed by atoms with Gasteiger partial charge in [0, 0.05) is 22.6 Å². The SMILES string of the molecule is CCCC1=CC(C)(C#N)C(O)(c2ccc(F)cc2F)C(n2cncn2)=C1c1cscn1. The number of halogens is 2. The van der Waals surface area contributed by atoms with Crippen LogP contribution in [-0.2, 0) is 5.60 Å². The molecule has 1 aliphatic rings. The predicted octanol–water partition coefficient (Wildman–Crippen LogP) is 4.54. The molecule has 2 heterocycles. The van der Waals surface area contributed by atoms with Crippen molar-refractivity contribution in [2.45, 2.75) is 32.3 Å². The van der Waals surface area contributed by atoms with Crippen LogP contribution in [-0.4, -0.2) is 24.9 Å². The van der Waals surface area contributed by atoms with Gasteiger partial charge in [-0.05, 0) is 31.1 Å². The van der Waals surface area contributed by atoms with E-state index in [9.17, 15) is 14.8 Å². The van der Waals surface area contributed by atoms with Gasteiger partial charge >= 0.3 is 0 Å².